The van der Waals surface area contributed by atoms with Gasteiger partial charge in [0.2, 0.25) is 0 Å². The van der Waals surface area contributed by atoms with Crippen molar-refractivity contribution in [3.05, 3.63) is 80.8 Å². The summed E-state index contributed by atoms with van der Waals surface area (Å²) in [4.78, 5) is 15.1. The van der Waals surface area contributed by atoms with Crippen LogP contribution in [0.15, 0.2) is 53.9 Å². The third kappa shape index (κ3) is 4.18. The summed E-state index contributed by atoms with van der Waals surface area (Å²) in [6, 6.07) is 15.3. The minimum atomic E-state index is -1.28. The van der Waals surface area contributed by atoms with Gasteiger partial charge in [-0.15, -0.1) is 11.3 Å². The second-order valence-electron chi connectivity index (χ2n) is 5.54. The molecule has 0 radical (unpaired) electrons. The molecule has 1 unspecified atom stereocenters. The van der Waals surface area contributed by atoms with Gasteiger partial charge in [-0.1, -0.05) is 48.9 Å². The van der Waals surface area contributed by atoms with Crippen LogP contribution in [-0.4, -0.2) is 11.0 Å². The first kappa shape index (κ1) is 17.5. The molecule has 25 heavy (non-hydrogen) atoms. The predicted molar refractivity (Wildman–Crippen MR) is 96.2 cm³/mol. The van der Waals surface area contributed by atoms with Crippen LogP contribution >= 0.6 is 22.9 Å². The zero-order valence-corrected chi connectivity index (χ0v) is 15.0. The average Bonchev–Trinajstić information content (AvgIpc) is 3.11. The van der Waals surface area contributed by atoms with Crippen molar-refractivity contribution in [1.82, 2.24) is 4.98 Å². The van der Waals surface area contributed by atoms with Gasteiger partial charge in [0, 0.05) is 21.9 Å². The van der Waals surface area contributed by atoms with Gasteiger partial charge in [0.1, 0.15) is 17.4 Å². The number of aromatic carboxylic acids is 1. The van der Waals surface area contributed by atoms with Gasteiger partial charge < -0.3 is 14.6 Å². The molecular formula is C19H15ClNO3S-. The molecule has 1 heterocycles. The van der Waals surface area contributed by atoms with Crippen LogP contribution in [0.3, 0.4) is 0 Å². The summed E-state index contributed by atoms with van der Waals surface area (Å²) >= 11 is 7.42. The zero-order chi connectivity index (χ0) is 17.8. The number of halogens is 1. The highest BCUT2D eigenvalue weighted by molar-refractivity contribution is 7.10. The number of thiazole rings is 1. The number of carbonyl (C=O) groups is 1. The standard InChI is InChI=1S/C19H16ClNO3S/c1-12(18-21-16(11-25-18)19(22)23)15-9-14(20)7-8-17(15)24-10-13-5-3-2-4-6-13/h2-9,11-12H,10H2,1H3,(H,22,23)/p-1. The highest BCUT2D eigenvalue weighted by atomic mass is 35.5. The Bertz CT molecular complexity index is 879. The molecule has 6 heteroatoms. The summed E-state index contributed by atoms with van der Waals surface area (Å²) < 4.78 is 5.96. The van der Waals surface area contributed by atoms with Crippen LogP contribution in [0.25, 0.3) is 0 Å². The van der Waals surface area contributed by atoms with Gasteiger partial charge >= 0.3 is 0 Å². The number of ether oxygens (including phenoxy) is 1. The summed E-state index contributed by atoms with van der Waals surface area (Å²) in [5, 5.41) is 13.7. The second-order valence-corrected chi connectivity index (χ2v) is 6.86. The molecule has 3 aromatic rings. The maximum Gasteiger partial charge on any atom is 0.123 e. The molecule has 0 aliphatic rings. The highest BCUT2D eigenvalue weighted by Gasteiger charge is 2.18. The van der Waals surface area contributed by atoms with Gasteiger partial charge in [-0.05, 0) is 23.8 Å². The van der Waals surface area contributed by atoms with Crippen LogP contribution < -0.4 is 9.84 Å². The predicted octanol–water partition coefficient (Wildman–Crippen LogP) is 3.89. The molecule has 0 amide bonds. The average molecular weight is 373 g/mol. The van der Waals surface area contributed by atoms with Gasteiger partial charge in [0.25, 0.3) is 0 Å². The van der Waals surface area contributed by atoms with Crippen LogP contribution in [0.4, 0.5) is 0 Å². The molecule has 0 N–H and O–H groups in total. The molecule has 2 aromatic carbocycles. The minimum absolute atomic E-state index is 0.0550. The smallest absolute Gasteiger partial charge is 0.123 e. The Morgan fingerprint density at radius 2 is 2.04 bits per heavy atom. The lowest BCUT2D eigenvalue weighted by molar-refractivity contribution is -0.255. The van der Waals surface area contributed by atoms with E-state index in [1.165, 1.54) is 16.7 Å². The summed E-state index contributed by atoms with van der Waals surface area (Å²) in [5.74, 6) is -0.727. The molecule has 128 valence electrons. The van der Waals surface area contributed by atoms with Crippen LogP contribution in [0.5, 0.6) is 5.75 Å². The lowest BCUT2D eigenvalue weighted by atomic mass is 10.0. The summed E-state index contributed by atoms with van der Waals surface area (Å²) in [6.07, 6.45) is 0. The largest absolute Gasteiger partial charge is 0.543 e. The van der Waals surface area contributed by atoms with Crippen molar-refractivity contribution < 1.29 is 14.6 Å². The molecule has 0 aliphatic heterocycles. The van der Waals surface area contributed by atoms with E-state index in [0.29, 0.717) is 22.4 Å². The number of hydrogen-bond acceptors (Lipinski definition) is 5. The summed E-state index contributed by atoms with van der Waals surface area (Å²) in [5.41, 5.74) is 1.87. The van der Waals surface area contributed by atoms with Crippen molar-refractivity contribution in [1.29, 1.82) is 0 Å². The SMILES string of the molecule is CC(c1nc(C(=O)[O-])cs1)c1cc(Cl)ccc1OCc1ccccc1. The normalized spacial score (nSPS) is 11.9. The Labute approximate surface area is 154 Å². The lowest BCUT2D eigenvalue weighted by Crippen LogP contribution is -2.22. The van der Waals surface area contributed by atoms with Crippen LogP contribution in [0, 0.1) is 0 Å². The number of carbonyl (C=O) groups excluding carboxylic acids is 1. The molecule has 1 atom stereocenters. The molecule has 0 saturated heterocycles. The van der Waals surface area contributed by atoms with Crippen molar-refractivity contribution in [2.45, 2.75) is 19.4 Å². The van der Waals surface area contributed by atoms with E-state index in [4.69, 9.17) is 16.3 Å². The van der Waals surface area contributed by atoms with Crippen molar-refractivity contribution >= 4 is 28.9 Å². The van der Waals surface area contributed by atoms with Crippen molar-refractivity contribution in [3.63, 3.8) is 0 Å². The number of aromatic nitrogens is 1. The Kier molecular flexibility index (Phi) is 5.36. The van der Waals surface area contributed by atoms with Crippen molar-refractivity contribution in [2.75, 3.05) is 0 Å². The second kappa shape index (κ2) is 7.68. The van der Waals surface area contributed by atoms with E-state index in [0.717, 1.165) is 11.1 Å². The first-order valence-corrected chi connectivity index (χ1v) is 8.93. The number of benzene rings is 2. The highest BCUT2D eigenvalue weighted by Crippen LogP contribution is 2.35. The van der Waals surface area contributed by atoms with Crippen LogP contribution in [-0.2, 0) is 6.61 Å². The fourth-order valence-electron chi connectivity index (χ4n) is 2.44. The molecule has 4 nitrogen and oxygen atoms in total. The quantitative estimate of drug-likeness (QED) is 0.658. The molecule has 3 rings (SSSR count). The van der Waals surface area contributed by atoms with Crippen LogP contribution in [0.2, 0.25) is 5.02 Å². The van der Waals surface area contributed by atoms with Crippen molar-refractivity contribution in [3.8, 4) is 5.75 Å². The molecular weight excluding hydrogens is 358 g/mol. The Morgan fingerprint density at radius 1 is 1.28 bits per heavy atom. The summed E-state index contributed by atoms with van der Waals surface area (Å²) in [6.45, 7) is 2.38. The number of nitrogens with zero attached hydrogens (tertiary/aromatic N) is 1. The number of hydrogen-bond donors (Lipinski definition) is 0. The Hall–Kier alpha value is -2.37. The molecule has 0 fully saturated rings. The Morgan fingerprint density at radius 3 is 2.72 bits per heavy atom. The first-order valence-electron chi connectivity index (χ1n) is 7.67. The van der Waals surface area contributed by atoms with Gasteiger partial charge in [-0.2, -0.15) is 0 Å². The maximum absolute atomic E-state index is 10.9. The molecule has 0 spiro atoms. The number of carboxylic acid groups (broad SMARTS) is 1. The van der Waals surface area contributed by atoms with E-state index >= 15 is 0 Å². The fraction of sp³-hybridized carbons (Fsp3) is 0.158. The first-order chi connectivity index (χ1) is 12.0. The minimum Gasteiger partial charge on any atom is -0.543 e. The van der Waals surface area contributed by atoms with Gasteiger partial charge in [-0.25, -0.2) is 4.98 Å². The fourth-order valence-corrected chi connectivity index (χ4v) is 3.48. The number of carboxylic acids is 1. The molecule has 0 aliphatic carbocycles. The molecule has 1 aromatic heterocycles. The van der Waals surface area contributed by atoms with E-state index in [2.05, 4.69) is 4.98 Å². The Balaban J connectivity index is 1.86. The molecule has 0 saturated carbocycles. The zero-order valence-electron chi connectivity index (χ0n) is 13.4. The monoisotopic (exact) mass is 372 g/mol. The van der Waals surface area contributed by atoms with E-state index < -0.39 is 5.97 Å². The maximum atomic E-state index is 10.9. The van der Waals surface area contributed by atoms with E-state index in [1.54, 1.807) is 6.07 Å². The van der Waals surface area contributed by atoms with E-state index in [1.807, 2.05) is 49.4 Å². The van der Waals surface area contributed by atoms with Gasteiger partial charge in [-0.3, -0.25) is 0 Å². The van der Waals surface area contributed by atoms with Crippen LogP contribution in [0.1, 0.15) is 39.5 Å². The van der Waals surface area contributed by atoms with E-state index in [9.17, 15) is 9.90 Å². The third-order valence-electron chi connectivity index (χ3n) is 3.78. The van der Waals surface area contributed by atoms with Gasteiger partial charge in [0.05, 0.1) is 11.7 Å². The third-order valence-corrected chi connectivity index (χ3v) is 5.04. The molecule has 0 bridgehead atoms. The topological polar surface area (TPSA) is 62.2 Å². The number of rotatable bonds is 6. The summed E-state index contributed by atoms with van der Waals surface area (Å²) in [7, 11) is 0. The van der Waals surface area contributed by atoms with Crippen molar-refractivity contribution in [2.24, 2.45) is 0 Å². The van der Waals surface area contributed by atoms with Gasteiger partial charge in [0.15, 0.2) is 0 Å². The lowest BCUT2D eigenvalue weighted by Gasteiger charge is -2.16. The van der Waals surface area contributed by atoms with E-state index in [-0.39, 0.29) is 11.6 Å².